The van der Waals surface area contributed by atoms with Crippen LogP contribution in [0.15, 0.2) is 0 Å². The molecule has 5 heteroatoms. The van der Waals surface area contributed by atoms with Gasteiger partial charge in [-0.3, -0.25) is 9.59 Å². The number of carbonyl (C=O) groups is 2. The summed E-state index contributed by atoms with van der Waals surface area (Å²) in [7, 11) is 1.52. The number of amides is 2. The van der Waals surface area contributed by atoms with Crippen LogP contribution in [0.1, 0.15) is 27.2 Å². The van der Waals surface area contributed by atoms with Crippen LogP contribution in [0.3, 0.4) is 0 Å². The normalized spacial score (nSPS) is 16.6. The van der Waals surface area contributed by atoms with Crippen molar-refractivity contribution < 1.29 is 9.59 Å². The van der Waals surface area contributed by atoms with Gasteiger partial charge >= 0.3 is 0 Å². The van der Waals surface area contributed by atoms with Gasteiger partial charge in [0.25, 0.3) is 0 Å². The first-order valence-electron chi connectivity index (χ1n) is 4.66. The molecule has 0 aliphatic heterocycles. The van der Waals surface area contributed by atoms with Crippen LogP contribution in [-0.4, -0.2) is 30.4 Å². The molecule has 2 amide bonds. The average molecular weight is 201 g/mol. The second-order valence-corrected chi connectivity index (χ2v) is 3.58. The molecule has 0 heterocycles. The third-order valence-electron chi connectivity index (χ3n) is 2.24. The second-order valence-electron chi connectivity index (χ2n) is 3.58. The molecule has 0 spiro atoms. The van der Waals surface area contributed by atoms with E-state index in [1.165, 1.54) is 7.05 Å². The molecular weight excluding hydrogens is 182 g/mol. The third-order valence-corrected chi connectivity index (χ3v) is 2.24. The van der Waals surface area contributed by atoms with Crippen molar-refractivity contribution in [1.82, 2.24) is 10.6 Å². The number of carbonyl (C=O) groups excluding carboxylic acids is 2. The molecule has 0 aromatic carbocycles. The standard InChI is InChI=1S/C9H19N3O2/c1-5-9(3,10)8(14)12-6(2)7(13)11-4/h6H,5,10H2,1-4H3,(H,11,13)(H,12,14). The number of hydrogen-bond donors (Lipinski definition) is 3. The molecule has 0 radical (unpaired) electrons. The maximum atomic E-state index is 11.5. The Morgan fingerprint density at radius 1 is 1.50 bits per heavy atom. The smallest absolute Gasteiger partial charge is 0.242 e. The largest absolute Gasteiger partial charge is 0.357 e. The Hall–Kier alpha value is -1.10. The summed E-state index contributed by atoms with van der Waals surface area (Å²) in [6.07, 6.45) is 0.527. The Morgan fingerprint density at radius 2 is 2.00 bits per heavy atom. The van der Waals surface area contributed by atoms with Gasteiger partial charge < -0.3 is 16.4 Å². The van der Waals surface area contributed by atoms with E-state index >= 15 is 0 Å². The van der Waals surface area contributed by atoms with E-state index in [9.17, 15) is 9.59 Å². The summed E-state index contributed by atoms with van der Waals surface area (Å²) < 4.78 is 0. The van der Waals surface area contributed by atoms with Gasteiger partial charge in [-0.15, -0.1) is 0 Å². The van der Waals surface area contributed by atoms with E-state index in [1.807, 2.05) is 6.92 Å². The van der Waals surface area contributed by atoms with Crippen molar-refractivity contribution >= 4 is 11.8 Å². The average Bonchev–Trinajstić information content (AvgIpc) is 2.16. The molecule has 0 bridgehead atoms. The fourth-order valence-electron chi connectivity index (χ4n) is 0.804. The summed E-state index contributed by atoms with van der Waals surface area (Å²) >= 11 is 0. The second kappa shape index (κ2) is 4.95. The van der Waals surface area contributed by atoms with Crippen LogP contribution in [-0.2, 0) is 9.59 Å². The minimum absolute atomic E-state index is 0.231. The molecule has 14 heavy (non-hydrogen) atoms. The first kappa shape index (κ1) is 12.9. The van der Waals surface area contributed by atoms with Crippen molar-refractivity contribution in [2.24, 2.45) is 5.73 Å². The van der Waals surface area contributed by atoms with Crippen molar-refractivity contribution in [3.05, 3.63) is 0 Å². The van der Waals surface area contributed by atoms with Crippen molar-refractivity contribution in [2.75, 3.05) is 7.05 Å². The summed E-state index contributed by atoms with van der Waals surface area (Å²) in [4.78, 5) is 22.6. The molecule has 0 saturated heterocycles. The minimum Gasteiger partial charge on any atom is -0.357 e. The van der Waals surface area contributed by atoms with Crippen molar-refractivity contribution in [2.45, 2.75) is 38.8 Å². The van der Waals surface area contributed by atoms with Gasteiger partial charge in [0.05, 0.1) is 5.54 Å². The number of rotatable bonds is 4. The molecule has 2 atom stereocenters. The van der Waals surface area contributed by atoms with E-state index in [2.05, 4.69) is 10.6 Å². The lowest BCUT2D eigenvalue weighted by atomic mass is 9.99. The first-order chi connectivity index (χ1) is 6.35. The highest BCUT2D eigenvalue weighted by molar-refractivity contribution is 5.91. The summed E-state index contributed by atoms with van der Waals surface area (Å²) in [6, 6.07) is -0.554. The van der Waals surface area contributed by atoms with Gasteiger partial charge in [-0.05, 0) is 20.3 Å². The van der Waals surface area contributed by atoms with E-state index in [0.29, 0.717) is 6.42 Å². The third kappa shape index (κ3) is 3.33. The molecule has 0 aliphatic rings. The zero-order valence-electron chi connectivity index (χ0n) is 9.18. The summed E-state index contributed by atoms with van der Waals surface area (Å²) in [5.41, 5.74) is 4.79. The van der Waals surface area contributed by atoms with Gasteiger partial charge in [0, 0.05) is 7.05 Å². The lowest BCUT2D eigenvalue weighted by Gasteiger charge is -2.23. The number of hydrogen-bond acceptors (Lipinski definition) is 3. The maximum Gasteiger partial charge on any atom is 0.242 e. The number of nitrogens with two attached hydrogens (primary N) is 1. The molecule has 0 rings (SSSR count). The van der Waals surface area contributed by atoms with Crippen LogP contribution in [0.25, 0.3) is 0 Å². The van der Waals surface area contributed by atoms with E-state index in [4.69, 9.17) is 5.73 Å². The summed E-state index contributed by atoms with van der Waals surface area (Å²) in [5.74, 6) is -0.540. The zero-order valence-corrected chi connectivity index (χ0v) is 9.18. The van der Waals surface area contributed by atoms with Crippen LogP contribution in [0.5, 0.6) is 0 Å². The number of nitrogens with one attached hydrogen (secondary N) is 2. The van der Waals surface area contributed by atoms with E-state index in [1.54, 1.807) is 13.8 Å². The van der Waals surface area contributed by atoms with Gasteiger partial charge in [-0.2, -0.15) is 0 Å². The van der Waals surface area contributed by atoms with E-state index < -0.39 is 11.6 Å². The number of likely N-dealkylation sites (N-methyl/N-ethyl adjacent to an activating group) is 1. The Morgan fingerprint density at radius 3 is 2.36 bits per heavy atom. The maximum absolute atomic E-state index is 11.5. The predicted octanol–water partition coefficient (Wildman–Crippen LogP) is -0.635. The molecule has 5 nitrogen and oxygen atoms in total. The fraction of sp³-hybridized carbons (Fsp3) is 0.778. The van der Waals surface area contributed by atoms with E-state index in [0.717, 1.165) is 0 Å². The molecule has 2 unspecified atom stereocenters. The van der Waals surface area contributed by atoms with Crippen molar-refractivity contribution in [1.29, 1.82) is 0 Å². The van der Waals surface area contributed by atoms with Gasteiger partial charge in [0.2, 0.25) is 11.8 Å². The highest BCUT2D eigenvalue weighted by Gasteiger charge is 2.28. The molecule has 82 valence electrons. The topological polar surface area (TPSA) is 84.2 Å². The quantitative estimate of drug-likeness (QED) is 0.566. The molecule has 0 aliphatic carbocycles. The van der Waals surface area contributed by atoms with Crippen molar-refractivity contribution in [3.63, 3.8) is 0 Å². The molecule has 0 fully saturated rings. The Bertz CT molecular complexity index is 226. The minimum atomic E-state index is -0.914. The molecule has 0 aromatic heterocycles. The Balaban J connectivity index is 4.26. The SMILES string of the molecule is CCC(C)(N)C(=O)NC(C)C(=O)NC. The predicted molar refractivity (Wildman–Crippen MR) is 54.6 cm³/mol. The lowest BCUT2D eigenvalue weighted by molar-refractivity contribution is -0.131. The van der Waals surface area contributed by atoms with Crippen LogP contribution in [0.2, 0.25) is 0 Å². The lowest BCUT2D eigenvalue weighted by Crippen LogP contribution is -2.55. The first-order valence-corrected chi connectivity index (χ1v) is 4.66. The fourth-order valence-corrected chi connectivity index (χ4v) is 0.804. The van der Waals surface area contributed by atoms with Gasteiger partial charge in [0.15, 0.2) is 0 Å². The Kier molecular flexibility index (Phi) is 4.56. The van der Waals surface area contributed by atoms with E-state index in [-0.39, 0.29) is 11.8 Å². The monoisotopic (exact) mass is 201 g/mol. The van der Waals surface area contributed by atoms with Crippen molar-refractivity contribution in [3.8, 4) is 0 Å². The van der Waals surface area contributed by atoms with Gasteiger partial charge in [0.1, 0.15) is 6.04 Å². The van der Waals surface area contributed by atoms with Gasteiger partial charge in [-0.1, -0.05) is 6.92 Å². The van der Waals surface area contributed by atoms with Crippen LogP contribution in [0.4, 0.5) is 0 Å². The summed E-state index contributed by atoms with van der Waals surface area (Å²) in [5, 5.41) is 4.99. The summed E-state index contributed by atoms with van der Waals surface area (Å²) in [6.45, 7) is 5.07. The van der Waals surface area contributed by atoms with Crippen LogP contribution in [0, 0.1) is 0 Å². The zero-order chi connectivity index (χ0) is 11.4. The Labute approximate surface area is 84.4 Å². The molecular formula is C9H19N3O2. The van der Waals surface area contributed by atoms with Gasteiger partial charge in [-0.25, -0.2) is 0 Å². The molecule has 0 saturated carbocycles. The molecule has 4 N–H and O–H groups in total. The molecule has 0 aromatic rings. The van der Waals surface area contributed by atoms with Crippen LogP contribution >= 0.6 is 0 Å². The van der Waals surface area contributed by atoms with Crippen LogP contribution < -0.4 is 16.4 Å². The highest BCUT2D eigenvalue weighted by Crippen LogP contribution is 2.04. The highest BCUT2D eigenvalue weighted by atomic mass is 16.2.